The van der Waals surface area contributed by atoms with Crippen molar-refractivity contribution in [2.75, 3.05) is 14.2 Å². The number of esters is 1. The Labute approximate surface area is 154 Å². The van der Waals surface area contributed by atoms with Crippen LogP contribution in [0.1, 0.15) is 5.56 Å². The molecule has 0 aliphatic carbocycles. The van der Waals surface area contributed by atoms with Crippen molar-refractivity contribution in [2.45, 2.75) is 12.5 Å². The molecule has 0 spiro atoms. The molecule has 2 heterocycles. The van der Waals surface area contributed by atoms with Gasteiger partial charge in [0.1, 0.15) is 0 Å². The quantitative estimate of drug-likeness (QED) is 0.344. The molecular weight excluding hydrogens is 352 g/mol. The molecule has 0 bridgehead atoms. The molecule has 1 fully saturated rings. The van der Waals surface area contributed by atoms with Crippen LogP contribution in [0.3, 0.4) is 0 Å². The standard InChI is InChI=1S/C18H18N4O5/c1-22-16(24)12(15(23)21-18(22)26)9-20-14(17(25)27-2)7-10-8-19-13-6-4-3-5-11(10)13/h3-6,8-9,12,14,19H,7H2,1-2H3,(H,21,23,26)/p+1/t12-,14-/m0/s1. The first-order chi connectivity index (χ1) is 12.9. The number of hydrogen-bond donors (Lipinski definition) is 3. The molecule has 2 aromatic rings. The highest BCUT2D eigenvalue weighted by Gasteiger charge is 2.40. The second-order valence-electron chi connectivity index (χ2n) is 6.14. The van der Waals surface area contributed by atoms with Gasteiger partial charge in [0, 0.05) is 30.6 Å². The number of imide groups is 2. The summed E-state index contributed by atoms with van der Waals surface area (Å²) in [4.78, 5) is 54.4. The minimum absolute atomic E-state index is 0.282. The Balaban J connectivity index is 1.84. The van der Waals surface area contributed by atoms with E-state index in [0.717, 1.165) is 21.4 Å². The molecule has 1 aliphatic rings. The number of fused-ring (bicyclic) bond motifs is 1. The molecule has 3 N–H and O–H groups in total. The number of amides is 4. The summed E-state index contributed by atoms with van der Waals surface area (Å²) in [6.07, 6.45) is 3.30. The normalized spacial score (nSPS) is 18.8. The number of aromatic nitrogens is 1. The maximum Gasteiger partial charge on any atom is 0.375 e. The SMILES string of the molecule is COC(=O)[C@H](Cc1c[nH]c2ccccc12)[NH+]=C[C@H]1C(=O)NC(=O)N(C)C1=O. The number of barbiturate groups is 1. The fourth-order valence-corrected chi connectivity index (χ4v) is 2.92. The molecular formula is C18H19N4O5+. The van der Waals surface area contributed by atoms with Crippen LogP contribution in [0, 0.1) is 5.92 Å². The zero-order chi connectivity index (χ0) is 19.6. The largest absolute Gasteiger partial charge is 0.464 e. The van der Waals surface area contributed by atoms with Gasteiger partial charge in [-0.3, -0.25) is 19.8 Å². The van der Waals surface area contributed by atoms with E-state index < -0.39 is 35.8 Å². The smallest absolute Gasteiger partial charge is 0.375 e. The number of carbonyl (C=O) groups excluding carboxylic acids is 4. The number of benzene rings is 1. The highest BCUT2D eigenvalue weighted by Crippen LogP contribution is 2.18. The number of carbonyl (C=O) groups is 4. The second-order valence-corrected chi connectivity index (χ2v) is 6.14. The Bertz CT molecular complexity index is 948. The van der Waals surface area contributed by atoms with Gasteiger partial charge in [0.25, 0.3) is 17.9 Å². The summed E-state index contributed by atoms with van der Waals surface area (Å²) in [6.45, 7) is 0. The lowest BCUT2D eigenvalue weighted by Crippen LogP contribution is -2.81. The first kappa shape index (κ1) is 18.3. The Morgan fingerprint density at radius 1 is 1.33 bits per heavy atom. The van der Waals surface area contributed by atoms with Gasteiger partial charge < -0.3 is 9.72 Å². The first-order valence-corrected chi connectivity index (χ1v) is 8.27. The summed E-state index contributed by atoms with van der Waals surface area (Å²) < 4.78 is 4.82. The molecule has 9 heteroatoms. The molecule has 1 aromatic carbocycles. The predicted molar refractivity (Wildman–Crippen MR) is 94.6 cm³/mol. The molecule has 1 saturated heterocycles. The lowest BCUT2D eigenvalue weighted by atomic mass is 10.0. The van der Waals surface area contributed by atoms with Gasteiger partial charge in [-0.2, -0.15) is 0 Å². The number of nitrogens with one attached hydrogen (secondary N) is 3. The van der Waals surface area contributed by atoms with Gasteiger partial charge in [0.2, 0.25) is 0 Å². The van der Waals surface area contributed by atoms with Gasteiger partial charge >= 0.3 is 12.0 Å². The highest BCUT2D eigenvalue weighted by atomic mass is 16.5. The second kappa shape index (κ2) is 7.40. The van der Waals surface area contributed by atoms with E-state index in [4.69, 9.17) is 4.74 Å². The Hall–Kier alpha value is -3.49. The minimum Gasteiger partial charge on any atom is -0.464 e. The van der Waals surface area contributed by atoms with Crippen molar-refractivity contribution in [3.63, 3.8) is 0 Å². The zero-order valence-electron chi connectivity index (χ0n) is 14.8. The highest BCUT2D eigenvalue weighted by molar-refractivity contribution is 6.22. The molecule has 9 nitrogen and oxygen atoms in total. The fourth-order valence-electron chi connectivity index (χ4n) is 2.92. The fraction of sp³-hybridized carbons (Fsp3) is 0.278. The predicted octanol–water partition coefficient (Wildman–Crippen LogP) is -1.27. The van der Waals surface area contributed by atoms with Gasteiger partial charge in [-0.25, -0.2) is 14.6 Å². The van der Waals surface area contributed by atoms with Crippen LogP contribution in [-0.2, 0) is 25.5 Å². The molecule has 0 saturated carbocycles. The van der Waals surface area contributed by atoms with E-state index in [9.17, 15) is 19.2 Å². The number of hydrogen-bond acceptors (Lipinski definition) is 5. The third kappa shape index (κ3) is 3.57. The van der Waals surface area contributed by atoms with Crippen LogP contribution in [0.25, 0.3) is 10.9 Å². The van der Waals surface area contributed by atoms with E-state index in [1.54, 1.807) is 6.20 Å². The molecule has 0 radical (unpaired) electrons. The molecule has 2 atom stereocenters. The minimum atomic E-state index is -1.22. The van der Waals surface area contributed by atoms with Crippen LogP contribution in [0.2, 0.25) is 0 Å². The van der Waals surface area contributed by atoms with Gasteiger partial charge in [0.15, 0.2) is 12.1 Å². The third-order valence-corrected chi connectivity index (χ3v) is 4.46. The maximum absolute atomic E-state index is 12.2. The van der Waals surface area contributed by atoms with E-state index in [1.807, 2.05) is 24.3 Å². The van der Waals surface area contributed by atoms with Crippen LogP contribution in [0.4, 0.5) is 4.79 Å². The van der Waals surface area contributed by atoms with Crippen molar-refractivity contribution in [3.8, 4) is 0 Å². The van der Waals surface area contributed by atoms with Crippen molar-refractivity contribution in [2.24, 2.45) is 5.92 Å². The lowest BCUT2D eigenvalue weighted by molar-refractivity contribution is -0.486. The average molecular weight is 371 g/mol. The number of H-pyrrole nitrogens is 1. The van der Waals surface area contributed by atoms with Crippen LogP contribution < -0.4 is 10.3 Å². The number of urea groups is 1. The Morgan fingerprint density at radius 2 is 2.07 bits per heavy atom. The zero-order valence-corrected chi connectivity index (χ0v) is 14.8. The number of aromatic amines is 1. The van der Waals surface area contributed by atoms with Crippen LogP contribution in [0.5, 0.6) is 0 Å². The first-order valence-electron chi connectivity index (χ1n) is 8.27. The van der Waals surface area contributed by atoms with Crippen LogP contribution in [-0.4, -0.2) is 60.1 Å². The number of methoxy groups -OCH3 is 1. The third-order valence-electron chi connectivity index (χ3n) is 4.46. The molecule has 1 aliphatic heterocycles. The van der Waals surface area contributed by atoms with E-state index in [1.165, 1.54) is 20.4 Å². The summed E-state index contributed by atoms with van der Waals surface area (Å²) in [5.41, 5.74) is 1.82. The number of rotatable bonds is 5. The van der Waals surface area contributed by atoms with Crippen LogP contribution in [0.15, 0.2) is 30.5 Å². The van der Waals surface area contributed by atoms with Crippen molar-refractivity contribution in [3.05, 3.63) is 36.0 Å². The van der Waals surface area contributed by atoms with Gasteiger partial charge in [-0.05, 0) is 11.6 Å². The van der Waals surface area contributed by atoms with E-state index in [-0.39, 0.29) is 6.42 Å². The van der Waals surface area contributed by atoms with Gasteiger partial charge in [0.05, 0.1) is 7.11 Å². The maximum atomic E-state index is 12.2. The van der Waals surface area contributed by atoms with E-state index >= 15 is 0 Å². The summed E-state index contributed by atoms with van der Waals surface area (Å²) in [7, 11) is 2.53. The van der Waals surface area contributed by atoms with Gasteiger partial charge in [-0.1, -0.05) is 18.2 Å². The molecule has 27 heavy (non-hydrogen) atoms. The summed E-state index contributed by atoms with van der Waals surface area (Å²) in [5.74, 6) is -3.18. The van der Waals surface area contributed by atoms with Crippen molar-refractivity contribution >= 4 is 40.9 Å². The Kier molecular flexibility index (Phi) is 5.02. The summed E-state index contributed by atoms with van der Waals surface area (Å²) in [5, 5.41) is 3.04. The molecule has 0 unspecified atom stereocenters. The topological polar surface area (TPSA) is 123 Å². The monoisotopic (exact) mass is 371 g/mol. The molecule has 1 aromatic heterocycles. The summed E-state index contributed by atoms with van der Waals surface area (Å²) in [6, 6.07) is 6.05. The molecule has 3 rings (SSSR count). The van der Waals surface area contributed by atoms with Gasteiger partial charge in [-0.15, -0.1) is 0 Å². The number of para-hydroxylation sites is 1. The van der Waals surface area contributed by atoms with E-state index in [0.29, 0.717) is 0 Å². The van der Waals surface area contributed by atoms with Crippen molar-refractivity contribution < 1.29 is 28.9 Å². The van der Waals surface area contributed by atoms with Crippen molar-refractivity contribution in [1.29, 1.82) is 0 Å². The van der Waals surface area contributed by atoms with E-state index in [2.05, 4.69) is 15.3 Å². The molecule has 4 amide bonds. The summed E-state index contributed by atoms with van der Waals surface area (Å²) >= 11 is 0. The van der Waals surface area contributed by atoms with Crippen LogP contribution >= 0.6 is 0 Å². The lowest BCUT2D eigenvalue weighted by Gasteiger charge is -2.23. The molecule has 140 valence electrons. The van der Waals surface area contributed by atoms with Crippen molar-refractivity contribution in [1.82, 2.24) is 15.2 Å². The number of nitrogens with zero attached hydrogens (tertiary/aromatic N) is 1. The average Bonchev–Trinajstić information content (AvgIpc) is 3.07. The number of ether oxygens (including phenoxy) is 1. The Morgan fingerprint density at radius 3 is 2.81 bits per heavy atom.